The van der Waals surface area contributed by atoms with E-state index in [4.69, 9.17) is 4.74 Å². The molecule has 0 heterocycles. The number of amides is 1. The third-order valence-electron chi connectivity index (χ3n) is 4.08. The number of carbonyl (C=O) groups is 2. The molecule has 0 aliphatic carbocycles. The van der Waals surface area contributed by atoms with Crippen LogP contribution in [0.25, 0.3) is 0 Å². The number of benzene rings is 2. The fraction of sp³-hybridized carbons (Fsp3) is 0.300. The molecular weight excluding hydrogens is 380 g/mol. The molecule has 0 aliphatic heterocycles. The van der Waals surface area contributed by atoms with E-state index >= 15 is 0 Å². The quantitative estimate of drug-likeness (QED) is 0.717. The van der Waals surface area contributed by atoms with Crippen LogP contribution < -0.4 is 5.32 Å². The summed E-state index contributed by atoms with van der Waals surface area (Å²) in [5, 5.41) is 2.62. The summed E-state index contributed by atoms with van der Waals surface area (Å²) in [4.78, 5) is 24.1. The Morgan fingerprint density at radius 3 is 2.32 bits per heavy atom. The van der Waals surface area contributed by atoms with Crippen LogP contribution in [0.2, 0.25) is 0 Å². The molecule has 0 aliphatic rings. The van der Waals surface area contributed by atoms with Crippen LogP contribution >= 0.6 is 0 Å². The molecule has 8 heteroatoms. The summed E-state index contributed by atoms with van der Waals surface area (Å²) in [6.07, 6.45) is 0. The molecule has 2 rings (SSSR count). The summed E-state index contributed by atoms with van der Waals surface area (Å²) < 4.78 is 31.4. The number of hydrogen-bond acceptors (Lipinski definition) is 5. The lowest BCUT2D eigenvalue weighted by Crippen LogP contribution is -2.35. The van der Waals surface area contributed by atoms with Crippen molar-refractivity contribution < 1.29 is 22.7 Å². The molecule has 0 aromatic heterocycles. The number of ether oxygens (including phenoxy) is 1. The molecule has 0 fully saturated rings. The van der Waals surface area contributed by atoms with Crippen LogP contribution in [0.5, 0.6) is 0 Å². The Labute approximate surface area is 165 Å². The van der Waals surface area contributed by atoms with Gasteiger partial charge in [-0.1, -0.05) is 12.1 Å². The molecule has 2 aromatic carbocycles. The van der Waals surface area contributed by atoms with Crippen molar-refractivity contribution in [2.75, 3.05) is 25.5 Å². The van der Waals surface area contributed by atoms with E-state index < -0.39 is 21.9 Å². The highest BCUT2D eigenvalue weighted by Gasteiger charge is 2.24. The summed E-state index contributed by atoms with van der Waals surface area (Å²) in [6.45, 7) is 5.18. The molecule has 0 saturated heterocycles. The van der Waals surface area contributed by atoms with Crippen LogP contribution in [-0.4, -0.2) is 44.8 Å². The number of rotatable bonds is 7. The second-order valence-electron chi connectivity index (χ2n) is 6.38. The van der Waals surface area contributed by atoms with Crippen molar-refractivity contribution in [3.8, 4) is 0 Å². The van der Waals surface area contributed by atoms with Crippen molar-refractivity contribution in [3.05, 3.63) is 59.2 Å². The van der Waals surface area contributed by atoms with E-state index in [0.717, 1.165) is 9.87 Å². The number of likely N-dealkylation sites (N-methyl/N-ethyl adjacent to an activating group) is 1. The number of nitrogens with zero attached hydrogens (tertiary/aromatic N) is 1. The highest BCUT2D eigenvalue weighted by Crippen LogP contribution is 2.20. The number of carbonyl (C=O) groups excluding carboxylic acids is 2. The maximum absolute atomic E-state index is 12.8. The van der Waals surface area contributed by atoms with Crippen LogP contribution in [0, 0.1) is 13.8 Å². The van der Waals surface area contributed by atoms with Crippen molar-refractivity contribution in [2.24, 2.45) is 0 Å². The number of esters is 1. The van der Waals surface area contributed by atoms with Crippen LogP contribution in [0.4, 0.5) is 5.69 Å². The summed E-state index contributed by atoms with van der Waals surface area (Å²) in [5.41, 5.74) is 2.26. The van der Waals surface area contributed by atoms with Crippen LogP contribution in [0.1, 0.15) is 28.4 Å². The van der Waals surface area contributed by atoms with E-state index in [2.05, 4.69) is 5.32 Å². The fourth-order valence-electron chi connectivity index (χ4n) is 2.54. The molecule has 0 radical (unpaired) electrons. The number of hydrogen-bond donors (Lipinski definition) is 1. The molecule has 0 atom stereocenters. The van der Waals surface area contributed by atoms with Gasteiger partial charge >= 0.3 is 5.97 Å². The maximum Gasteiger partial charge on any atom is 0.338 e. The molecule has 0 bridgehead atoms. The fourth-order valence-corrected chi connectivity index (χ4v) is 3.98. The average molecular weight is 404 g/mol. The van der Waals surface area contributed by atoms with Gasteiger partial charge < -0.3 is 10.1 Å². The lowest BCUT2D eigenvalue weighted by atomic mass is 10.2. The van der Waals surface area contributed by atoms with Gasteiger partial charge in [0.1, 0.15) is 0 Å². The van der Waals surface area contributed by atoms with Gasteiger partial charge in [0.05, 0.1) is 23.6 Å². The summed E-state index contributed by atoms with van der Waals surface area (Å²) in [7, 11) is -2.43. The third kappa shape index (κ3) is 5.17. The largest absolute Gasteiger partial charge is 0.462 e. The standard InChI is InChI=1S/C20H24N2O5S/c1-5-27-20(24)16-8-10-17(11-9-16)21-19(23)13-22(4)28(25,26)18-12-14(2)6-7-15(18)3/h6-12H,5,13H2,1-4H3,(H,21,23). The molecule has 1 N–H and O–H groups in total. The monoisotopic (exact) mass is 404 g/mol. The molecule has 0 saturated carbocycles. The number of nitrogens with one attached hydrogen (secondary N) is 1. The zero-order valence-electron chi connectivity index (χ0n) is 16.4. The first kappa shape index (κ1) is 21.6. The minimum atomic E-state index is -3.79. The van der Waals surface area contributed by atoms with Gasteiger partial charge in [-0.15, -0.1) is 0 Å². The van der Waals surface area contributed by atoms with E-state index in [1.165, 1.54) is 19.2 Å². The SMILES string of the molecule is CCOC(=O)c1ccc(NC(=O)CN(C)S(=O)(=O)c2cc(C)ccc2C)cc1. The summed E-state index contributed by atoms with van der Waals surface area (Å²) in [6, 6.07) is 11.3. The molecule has 7 nitrogen and oxygen atoms in total. The molecular formula is C20H24N2O5S. The topological polar surface area (TPSA) is 92.8 Å². The third-order valence-corrected chi connectivity index (χ3v) is 6.02. The predicted molar refractivity (Wildman–Crippen MR) is 107 cm³/mol. The second-order valence-corrected chi connectivity index (χ2v) is 8.39. The Morgan fingerprint density at radius 2 is 1.71 bits per heavy atom. The minimum Gasteiger partial charge on any atom is -0.462 e. The van der Waals surface area contributed by atoms with Crippen molar-refractivity contribution in [2.45, 2.75) is 25.7 Å². The van der Waals surface area contributed by atoms with Gasteiger partial charge in [0, 0.05) is 12.7 Å². The summed E-state index contributed by atoms with van der Waals surface area (Å²) in [5.74, 6) is -0.931. The van der Waals surface area contributed by atoms with E-state index in [-0.39, 0.29) is 18.0 Å². The van der Waals surface area contributed by atoms with E-state index in [1.807, 2.05) is 13.0 Å². The number of anilines is 1. The van der Waals surface area contributed by atoms with E-state index in [0.29, 0.717) is 16.8 Å². The van der Waals surface area contributed by atoms with E-state index in [9.17, 15) is 18.0 Å². The Kier molecular flexibility index (Phi) is 6.93. The lowest BCUT2D eigenvalue weighted by molar-refractivity contribution is -0.116. The highest BCUT2D eigenvalue weighted by atomic mass is 32.2. The highest BCUT2D eigenvalue weighted by molar-refractivity contribution is 7.89. The first-order valence-corrected chi connectivity index (χ1v) is 10.2. The Balaban J connectivity index is 2.06. The number of sulfonamides is 1. The van der Waals surface area contributed by atoms with Crippen molar-refractivity contribution in [1.82, 2.24) is 4.31 Å². The molecule has 0 spiro atoms. The van der Waals surface area contributed by atoms with Crippen molar-refractivity contribution >= 4 is 27.6 Å². The van der Waals surface area contributed by atoms with Gasteiger partial charge in [0.15, 0.2) is 0 Å². The Hall–Kier alpha value is -2.71. The Bertz CT molecular complexity index is 969. The zero-order chi connectivity index (χ0) is 20.9. The maximum atomic E-state index is 12.8. The minimum absolute atomic E-state index is 0.182. The van der Waals surface area contributed by atoms with E-state index in [1.54, 1.807) is 38.1 Å². The smallest absolute Gasteiger partial charge is 0.338 e. The van der Waals surface area contributed by atoms with Crippen LogP contribution in [0.15, 0.2) is 47.4 Å². The van der Waals surface area contributed by atoms with Gasteiger partial charge in [-0.3, -0.25) is 4.79 Å². The average Bonchev–Trinajstić information content (AvgIpc) is 2.64. The predicted octanol–water partition coefficient (Wildman–Crippen LogP) is 2.74. The number of aryl methyl sites for hydroxylation is 2. The van der Waals surface area contributed by atoms with Crippen molar-refractivity contribution in [1.29, 1.82) is 0 Å². The normalized spacial score (nSPS) is 11.3. The molecule has 0 unspecified atom stereocenters. The lowest BCUT2D eigenvalue weighted by Gasteiger charge is -2.18. The van der Waals surface area contributed by atoms with Gasteiger partial charge in [-0.05, 0) is 62.2 Å². The molecule has 28 heavy (non-hydrogen) atoms. The first-order chi connectivity index (χ1) is 13.1. The second kappa shape index (κ2) is 8.99. The van der Waals surface area contributed by atoms with Gasteiger partial charge in [0.25, 0.3) is 0 Å². The van der Waals surface area contributed by atoms with Crippen molar-refractivity contribution in [3.63, 3.8) is 0 Å². The van der Waals surface area contributed by atoms with Gasteiger partial charge in [-0.25, -0.2) is 13.2 Å². The van der Waals surface area contributed by atoms with Crippen LogP contribution in [0.3, 0.4) is 0 Å². The zero-order valence-corrected chi connectivity index (χ0v) is 17.2. The molecule has 1 amide bonds. The Morgan fingerprint density at radius 1 is 1.07 bits per heavy atom. The molecule has 2 aromatic rings. The van der Waals surface area contributed by atoms with Gasteiger partial charge in [0.2, 0.25) is 15.9 Å². The summed E-state index contributed by atoms with van der Waals surface area (Å²) >= 11 is 0. The molecule has 150 valence electrons. The first-order valence-electron chi connectivity index (χ1n) is 8.75. The van der Waals surface area contributed by atoms with Crippen LogP contribution in [-0.2, 0) is 19.6 Å². The van der Waals surface area contributed by atoms with Gasteiger partial charge in [-0.2, -0.15) is 4.31 Å².